The van der Waals surface area contributed by atoms with E-state index < -0.39 is 21.6 Å². The van der Waals surface area contributed by atoms with E-state index in [1.165, 1.54) is 33.6 Å². The number of halogens is 2. The zero-order valence-corrected chi connectivity index (χ0v) is 20.5. The van der Waals surface area contributed by atoms with E-state index in [4.69, 9.17) is 11.6 Å². The second kappa shape index (κ2) is 9.89. The van der Waals surface area contributed by atoms with Crippen LogP contribution in [-0.2, 0) is 20.6 Å². The Hall–Kier alpha value is -1.96. The van der Waals surface area contributed by atoms with Crippen molar-refractivity contribution in [1.29, 1.82) is 0 Å². The van der Waals surface area contributed by atoms with Gasteiger partial charge < -0.3 is 5.32 Å². The van der Waals surface area contributed by atoms with E-state index in [0.717, 1.165) is 11.1 Å². The number of carbonyl (C=O) groups is 1. The maximum absolute atomic E-state index is 14.0. The Kier molecular flexibility index (Phi) is 7.63. The highest BCUT2D eigenvalue weighted by Crippen LogP contribution is 2.27. The molecule has 5 nitrogen and oxygen atoms in total. The molecule has 0 bridgehead atoms. The first-order valence-electron chi connectivity index (χ1n) is 10.8. The molecule has 3 rings (SSSR count). The molecule has 0 radical (unpaired) electrons. The van der Waals surface area contributed by atoms with E-state index in [0.29, 0.717) is 12.8 Å². The van der Waals surface area contributed by atoms with Crippen LogP contribution in [-0.4, -0.2) is 31.7 Å². The number of amides is 1. The van der Waals surface area contributed by atoms with E-state index in [-0.39, 0.29) is 41.5 Å². The number of sulfonamides is 1. The topological polar surface area (TPSA) is 66.5 Å². The third-order valence-corrected chi connectivity index (χ3v) is 8.47. The number of aryl methyl sites for hydroxylation is 3. The first-order valence-corrected chi connectivity index (χ1v) is 12.8. The first-order chi connectivity index (χ1) is 15.0. The summed E-state index contributed by atoms with van der Waals surface area (Å²) in [5.74, 6) is -1.44. The minimum Gasteiger partial charge on any atom is -0.349 e. The van der Waals surface area contributed by atoms with Crippen LogP contribution in [0.2, 0.25) is 5.02 Å². The van der Waals surface area contributed by atoms with Gasteiger partial charge >= 0.3 is 0 Å². The Balaban J connectivity index is 1.60. The van der Waals surface area contributed by atoms with Gasteiger partial charge in [-0.15, -0.1) is 0 Å². The van der Waals surface area contributed by atoms with Crippen LogP contribution in [0.3, 0.4) is 0 Å². The zero-order valence-electron chi connectivity index (χ0n) is 18.9. The number of piperidine rings is 1. The number of hydrogen-bond donors (Lipinski definition) is 1. The van der Waals surface area contributed by atoms with Crippen LogP contribution >= 0.6 is 11.6 Å². The van der Waals surface area contributed by atoms with Gasteiger partial charge in [-0.1, -0.05) is 29.8 Å². The molecule has 1 fully saturated rings. The lowest BCUT2D eigenvalue weighted by atomic mass is 9.94. The summed E-state index contributed by atoms with van der Waals surface area (Å²) in [4.78, 5) is 12.8. The largest absolute Gasteiger partial charge is 0.349 e. The summed E-state index contributed by atoms with van der Waals surface area (Å²) in [5, 5.41) is 3.18. The molecule has 1 aliphatic rings. The van der Waals surface area contributed by atoms with Gasteiger partial charge in [-0.3, -0.25) is 4.79 Å². The molecule has 174 valence electrons. The first kappa shape index (κ1) is 24.7. The molecule has 0 aromatic heterocycles. The molecule has 0 saturated carbocycles. The second-order valence-corrected chi connectivity index (χ2v) is 11.0. The maximum Gasteiger partial charge on any atom is 0.223 e. The maximum atomic E-state index is 14.0. The monoisotopic (exact) mass is 480 g/mol. The zero-order chi connectivity index (χ0) is 23.6. The average molecular weight is 481 g/mol. The molecule has 1 aliphatic heterocycles. The Morgan fingerprint density at radius 3 is 2.41 bits per heavy atom. The number of hydrogen-bond acceptors (Lipinski definition) is 3. The van der Waals surface area contributed by atoms with Crippen LogP contribution in [0.1, 0.15) is 53.6 Å². The lowest BCUT2D eigenvalue weighted by molar-refractivity contribution is -0.126. The Bertz CT molecular complexity index is 1090. The van der Waals surface area contributed by atoms with Crippen LogP contribution in [0.4, 0.5) is 4.39 Å². The molecule has 1 atom stereocenters. The van der Waals surface area contributed by atoms with Gasteiger partial charge in [0.1, 0.15) is 5.82 Å². The van der Waals surface area contributed by atoms with E-state index in [1.54, 1.807) is 0 Å². The number of nitrogens with one attached hydrogen (secondary N) is 1. The van der Waals surface area contributed by atoms with Crippen molar-refractivity contribution in [2.24, 2.45) is 5.92 Å². The van der Waals surface area contributed by atoms with Crippen LogP contribution in [0, 0.1) is 32.5 Å². The van der Waals surface area contributed by atoms with Gasteiger partial charge in [0, 0.05) is 29.6 Å². The normalized spacial score (nSPS) is 16.7. The van der Waals surface area contributed by atoms with E-state index in [9.17, 15) is 17.6 Å². The molecular formula is C24H30ClFN2O3S. The standard InChI is InChI=1S/C24H30ClFN2O3S/c1-15-12-17(3)20(13-16(15)2)18(4)27-24(29)19-8-10-28(11-9-19)32(30,31)14-21-22(25)6-5-7-23(21)26/h5-7,12-13,18-19H,8-11,14H2,1-4H3,(H,27,29)/t18-/m0/s1. The van der Waals surface area contributed by atoms with E-state index >= 15 is 0 Å². The molecule has 1 saturated heterocycles. The molecule has 8 heteroatoms. The predicted octanol–water partition coefficient (Wildman–Crippen LogP) is 4.82. The molecule has 32 heavy (non-hydrogen) atoms. The van der Waals surface area contributed by atoms with Crippen molar-refractivity contribution < 1.29 is 17.6 Å². The number of nitrogens with zero attached hydrogens (tertiary/aromatic N) is 1. The summed E-state index contributed by atoms with van der Waals surface area (Å²) in [6.45, 7) is 8.57. The van der Waals surface area contributed by atoms with Crippen molar-refractivity contribution in [3.8, 4) is 0 Å². The number of carbonyl (C=O) groups excluding carboxylic acids is 1. The average Bonchev–Trinajstić information content (AvgIpc) is 2.73. The van der Waals surface area contributed by atoms with Gasteiger partial charge in [0.25, 0.3) is 0 Å². The van der Waals surface area contributed by atoms with Crippen molar-refractivity contribution >= 4 is 27.5 Å². The summed E-state index contributed by atoms with van der Waals surface area (Å²) in [7, 11) is -3.73. The molecule has 1 heterocycles. The van der Waals surface area contributed by atoms with Crippen molar-refractivity contribution in [1.82, 2.24) is 9.62 Å². The van der Waals surface area contributed by atoms with Crippen molar-refractivity contribution in [2.45, 2.75) is 52.3 Å². The lowest BCUT2D eigenvalue weighted by Crippen LogP contribution is -2.43. The Morgan fingerprint density at radius 2 is 1.78 bits per heavy atom. The van der Waals surface area contributed by atoms with E-state index in [2.05, 4.69) is 31.3 Å². The minimum atomic E-state index is -3.73. The van der Waals surface area contributed by atoms with Gasteiger partial charge in [0.15, 0.2) is 0 Å². The SMILES string of the molecule is Cc1cc(C)c([C@H](C)NC(=O)C2CCN(S(=O)(=O)Cc3c(F)cccc3Cl)CC2)cc1C. The number of benzene rings is 2. The summed E-state index contributed by atoms with van der Waals surface area (Å²) < 4.78 is 41.0. The van der Waals surface area contributed by atoms with Crippen molar-refractivity contribution in [3.63, 3.8) is 0 Å². The van der Waals surface area contributed by atoms with Gasteiger partial charge in [-0.05, 0) is 74.9 Å². The molecular weight excluding hydrogens is 451 g/mol. The van der Waals surface area contributed by atoms with Crippen LogP contribution in [0.5, 0.6) is 0 Å². The molecule has 0 spiro atoms. The second-order valence-electron chi connectivity index (χ2n) is 8.65. The van der Waals surface area contributed by atoms with Crippen LogP contribution in [0.25, 0.3) is 0 Å². The fraction of sp³-hybridized carbons (Fsp3) is 0.458. The molecule has 2 aromatic rings. The fourth-order valence-corrected chi connectivity index (χ4v) is 6.12. The summed E-state index contributed by atoms with van der Waals surface area (Å²) in [6.07, 6.45) is 0.851. The van der Waals surface area contributed by atoms with Crippen molar-refractivity contribution in [3.05, 3.63) is 69.0 Å². The van der Waals surface area contributed by atoms with Gasteiger partial charge in [0.05, 0.1) is 11.8 Å². The van der Waals surface area contributed by atoms with Crippen LogP contribution in [0.15, 0.2) is 30.3 Å². The minimum absolute atomic E-state index is 0.0216. The van der Waals surface area contributed by atoms with Crippen LogP contribution < -0.4 is 5.32 Å². The molecule has 2 aromatic carbocycles. The molecule has 1 amide bonds. The summed E-state index contributed by atoms with van der Waals surface area (Å²) >= 11 is 5.99. The van der Waals surface area contributed by atoms with Gasteiger partial charge in [0.2, 0.25) is 15.9 Å². The smallest absolute Gasteiger partial charge is 0.223 e. The third kappa shape index (κ3) is 5.50. The van der Waals surface area contributed by atoms with Crippen molar-refractivity contribution in [2.75, 3.05) is 13.1 Å². The third-order valence-electron chi connectivity index (χ3n) is 6.31. The predicted molar refractivity (Wildman–Crippen MR) is 126 cm³/mol. The molecule has 0 aliphatic carbocycles. The lowest BCUT2D eigenvalue weighted by Gasteiger charge is -2.31. The Labute approximate surface area is 195 Å². The highest BCUT2D eigenvalue weighted by Gasteiger charge is 2.32. The highest BCUT2D eigenvalue weighted by atomic mass is 35.5. The Morgan fingerprint density at radius 1 is 1.16 bits per heavy atom. The molecule has 0 unspecified atom stereocenters. The quantitative estimate of drug-likeness (QED) is 0.644. The van der Waals surface area contributed by atoms with Gasteiger partial charge in [-0.25, -0.2) is 17.1 Å². The summed E-state index contributed by atoms with van der Waals surface area (Å²) in [5.41, 5.74) is 4.60. The summed E-state index contributed by atoms with van der Waals surface area (Å²) in [6, 6.07) is 8.22. The van der Waals surface area contributed by atoms with E-state index in [1.807, 2.05) is 13.8 Å². The molecule has 1 N–H and O–H groups in total. The fourth-order valence-electron chi connectivity index (χ4n) is 4.20. The number of rotatable bonds is 6. The highest BCUT2D eigenvalue weighted by molar-refractivity contribution is 7.88. The van der Waals surface area contributed by atoms with Gasteiger partial charge in [-0.2, -0.15) is 0 Å².